The highest BCUT2D eigenvalue weighted by Gasteiger charge is 2.33. The van der Waals surface area contributed by atoms with Crippen LogP contribution in [0.3, 0.4) is 0 Å². The second-order valence-electron chi connectivity index (χ2n) is 6.06. The molecule has 4 rings (SSSR count). The predicted octanol–water partition coefficient (Wildman–Crippen LogP) is 2.41. The van der Waals surface area contributed by atoms with E-state index >= 15 is 0 Å². The lowest BCUT2D eigenvalue weighted by Gasteiger charge is -2.26. The number of anilines is 1. The zero-order chi connectivity index (χ0) is 14.4. The van der Waals surface area contributed by atoms with Crippen molar-refractivity contribution < 1.29 is 4.79 Å². The van der Waals surface area contributed by atoms with Gasteiger partial charge in [0.2, 0.25) is 5.91 Å². The third-order valence-electron chi connectivity index (χ3n) is 4.67. The Bertz CT molecular complexity index is 704. The maximum atomic E-state index is 12.9. The summed E-state index contributed by atoms with van der Waals surface area (Å²) in [5, 5.41) is 0. The molecule has 1 amide bonds. The highest BCUT2D eigenvalue weighted by Crippen LogP contribution is 2.32. The van der Waals surface area contributed by atoms with Crippen molar-refractivity contribution in [3.05, 3.63) is 47.0 Å². The van der Waals surface area contributed by atoms with E-state index in [4.69, 9.17) is 0 Å². The molecule has 2 aromatic rings. The molecule has 0 fully saturated rings. The first kappa shape index (κ1) is 12.6. The van der Waals surface area contributed by atoms with Crippen LogP contribution in [0.4, 0.5) is 5.69 Å². The maximum Gasteiger partial charge on any atom is 0.230 e. The largest absolute Gasteiger partial charge is 0.346 e. The van der Waals surface area contributed by atoms with Crippen molar-refractivity contribution in [3.8, 4) is 0 Å². The summed E-state index contributed by atoms with van der Waals surface area (Å²) in [7, 11) is 0. The Labute approximate surface area is 124 Å². The zero-order valence-electron chi connectivity index (χ0n) is 12.2. The van der Waals surface area contributed by atoms with Crippen LogP contribution < -0.4 is 4.90 Å². The molecule has 0 radical (unpaired) electrons. The molecule has 0 saturated carbocycles. The number of aromatic nitrogens is 2. The molecule has 4 heteroatoms. The number of amides is 1. The van der Waals surface area contributed by atoms with E-state index in [-0.39, 0.29) is 11.8 Å². The number of carbonyl (C=O) groups excluding carboxylic acids is 1. The minimum absolute atomic E-state index is 0.0866. The van der Waals surface area contributed by atoms with E-state index in [0.29, 0.717) is 0 Å². The fraction of sp³-hybridized carbons (Fsp3) is 0.412. The number of rotatable bonds is 1. The number of aryl methyl sites for hydroxylation is 2. The Hall–Kier alpha value is -2.10. The quantitative estimate of drug-likeness (QED) is 0.872. The second-order valence-corrected chi connectivity index (χ2v) is 6.06. The minimum atomic E-state index is 0.0866. The molecule has 0 saturated heterocycles. The van der Waals surface area contributed by atoms with Crippen LogP contribution in [-0.2, 0) is 24.1 Å². The smallest absolute Gasteiger partial charge is 0.230 e. The summed E-state index contributed by atoms with van der Waals surface area (Å²) in [5.41, 5.74) is 4.71. The number of fused-ring (bicyclic) bond motifs is 2. The third kappa shape index (κ3) is 2.06. The number of nitrogens with one attached hydrogen (secondary N) is 1. The van der Waals surface area contributed by atoms with Crippen molar-refractivity contribution in [2.24, 2.45) is 5.92 Å². The summed E-state index contributed by atoms with van der Waals surface area (Å²) >= 11 is 0. The van der Waals surface area contributed by atoms with E-state index in [9.17, 15) is 4.79 Å². The zero-order valence-corrected chi connectivity index (χ0v) is 12.2. The number of H-pyrrole nitrogens is 1. The predicted molar refractivity (Wildman–Crippen MR) is 81.3 cm³/mol. The van der Waals surface area contributed by atoms with Gasteiger partial charge in [-0.1, -0.05) is 18.2 Å². The van der Waals surface area contributed by atoms with Gasteiger partial charge in [0, 0.05) is 30.3 Å². The highest BCUT2D eigenvalue weighted by atomic mass is 16.2. The molecule has 4 nitrogen and oxygen atoms in total. The van der Waals surface area contributed by atoms with E-state index in [2.05, 4.69) is 22.1 Å². The van der Waals surface area contributed by atoms with E-state index in [1.54, 1.807) is 0 Å². The first-order chi connectivity index (χ1) is 10.2. The normalized spacial score (nSPS) is 20.2. The summed E-state index contributed by atoms with van der Waals surface area (Å²) < 4.78 is 0. The SMILES string of the molecule is Cc1nc2c([nH]1)CC(C(=O)N1CCc3ccccc31)CC2. The van der Waals surface area contributed by atoms with Gasteiger partial charge in [-0.25, -0.2) is 4.98 Å². The van der Waals surface area contributed by atoms with Crippen LogP contribution in [0.15, 0.2) is 24.3 Å². The van der Waals surface area contributed by atoms with Crippen LogP contribution in [0.1, 0.15) is 29.2 Å². The van der Waals surface area contributed by atoms with Gasteiger partial charge in [0.1, 0.15) is 5.82 Å². The molecular weight excluding hydrogens is 262 g/mol. The summed E-state index contributed by atoms with van der Waals surface area (Å²) in [4.78, 5) is 22.7. The van der Waals surface area contributed by atoms with E-state index in [0.717, 1.165) is 55.1 Å². The molecule has 1 aromatic carbocycles. The first-order valence-electron chi connectivity index (χ1n) is 7.66. The summed E-state index contributed by atoms with van der Waals surface area (Å²) in [6.07, 6.45) is 3.59. The fourth-order valence-corrected chi connectivity index (χ4v) is 3.62. The molecule has 1 aliphatic heterocycles. The van der Waals surface area contributed by atoms with Gasteiger partial charge < -0.3 is 9.88 Å². The lowest BCUT2D eigenvalue weighted by Crippen LogP contribution is -2.37. The number of aromatic amines is 1. The van der Waals surface area contributed by atoms with Gasteiger partial charge in [0.05, 0.1) is 5.69 Å². The maximum absolute atomic E-state index is 12.9. The average Bonchev–Trinajstić information content (AvgIpc) is 3.07. The Morgan fingerprint density at radius 1 is 1.33 bits per heavy atom. The van der Waals surface area contributed by atoms with Gasteiger partial charge in [-0.3, -0.25) is 4.79 Å². The molecule has 1 unspecified atom stereocenters. The molecular formula is C17H19N3O. The van der Waals surface area contributed by atoms with Gasteiger partial charge in [0.25, 0.3) is 0 Å². The Kier molecular flexibility index (Phi) is 2.84. The molecule has 1 aliphatic carbocycles. The van der Waals surface area contributed by atoms with Gasteiger partial charge in [-0.05, 0) is 37.8 Å². The fourth-order valence-electron chi connectivity index (χ4n) is 3.62. The van der Waals surface area contributed by atoms with Crippen molar-refractivity contribution >= 4 is 11.6 Å². The molecule has 1 atom stereocenters. The van der Waals surface area contributed by atoms with Crippen molar-refractivity contribution in [2.75, 3.05) is 11.4 Å². The Balaban J connectivity index is 1.57. The third-order valence-corrected chi connectivity index (χ3v) is 4.67. The number of benzene rings is 1. The number of carbonyl (C=O) groups is 1. The van der Waals surface area contributed by atoms with Crippen LogP contribution in [0, 0.1) is 12.8 Å². The lowest BCUT2D eigenvalue weighted by molar-refractivity contribution is -0.122. The molecule has 0 spiro atoms. The number of imidazole rings is 1. The van der Waals surface area contributed by atoms with Crippen molar-refractivity contribution in [1.82, 2.24) is 9.97 Å². The molecule has 0 bridgehead atoms. The Morgan fingerprint density at radius 2 is 2.19 bits per heavy atom. The van der Waals surface area contributed by atoms with Gasteiger partial charge in [0.15, 0.2) is 0 Å². The second kappa shape index (κ2) is 4.72. The van der Waals surface area contributed by atoms with Crippen molar-refractivity contribution in [2.45, 2.75) is 32.6 Å². The first-order valence-corrected chi connectivity index (χ1v) is 7.66. The lowest BCUT2D eigenvalue weighted by atomic mass is 9.88. The standard InChI is InChI=1S/C17H19N3O/c1-11-18-14-7-6-13(10-15(14)19-11)17(21)20-9-8-12-4-2-3-5-16(12)20/h2-5,13H,6-10H2,1H3,(H,18,19). The topological polar surface area (TPSA) is 49.0 Å². The summed E-state index contributed by atoms with van der Waals surface area (Å²) in [5.74, 6) is 1.32. The summed E-state index contributed by atoms with van der Waals surface area (Å²) in [6, 6.07) is 8.25. The van der Waals surface area contributed by atoms with Crippen LogP contribution in [0.25, 0.3) is 0 Å². The van der Waals surface area contributed by atoms with Crippen molar-refractivity contribution in [3.63, 3.8) is 0 Å². The van der Waals surface area contributed by atoms with Crippen molar-refractivity contribution in [1.29, 1.82) is 0 Å². The number of para-hydroxylation sites is 1. The molecule has 1 N–H and O–H groups in total. The number of hydrogen-bond acceptors (Lipinski definition) is 2. The van der Waals surface area contributed by atoms with Crippen LogP contribution >= 0.6 is 0 Å². The molecule has 21 heavy (non-hydrogen) atoms. The molecule has 2 heterocycles. The van der Waals surface area contributed by atoms with E-state index in [1.807, 2.05) is 24.0 Å². The molecule has 1 aromatic heterocycles. The summed E-state index contributed by atoms with van der Waals surface area (Å²) in [6.45, 7) is 2.80. The van der Waals surface area contributed by atoms with Gasteiger partial charge in [-0.2, -0.15) is 0 Å². The molecule has 108 valence electrons. The van der Waals surface area contributed by atoms with Crippen LogP contribution in [-0.4, -0.2) is 22.4 Å². The van der Waals surface area contributed by atoms with Gasteiger partial charge >= 0.3 is 0 Å². The number of hydrogen-bond donors (Lipinski definition) is 1. The van der Waals surface area contributed by atoms with Crippen LogP contribution in [0.2, 0.25) is 0 Å². The van der Waals surface area contributed by atoms with Crippen LogP contribution in [0.5, 0.6) is 0 Å². The average molecular weight is 281 g/mol. The number of nitrogens with zero attached hydrogens (tertiary/aromatic N) is 2. The van der Waals surface area contributed by atoms with E-state index in [1.165, 1.54) is 5.56 Å². The Morgan fingerprint density at radius 3 is 3.10 bits per heavy atom. The van der Waals surface area contributed by atoms with Gasteiger partial charge in [-0.15, -0.1) is 0 Å². The highest BCUT2D eigenvalue weighted by molar-refractivity contribution is 5.97. The molecule has 2 aliphatic rings. The monoisotopic (exact) mass is 281 g/mol. The minimum Gasteiger partial charge on any atom is -0.346 e. The van der Waals surface area contributed by atoms with E-state index < -0.39 is 0 Å².